The monoisotopic (exact) mass is 388 g/mol. The maximum absolute atomic E-state index is 12.3. The van der Waals surface area contributed by atoms with Crippen LogP contribution in [0.15, 0.2) is 35.5 Å². The van der Waals surface area contributed by atoms with E-state index in [0.29, 0.717) is 24.3 Å². The second-order valence-corrected chi connectivity index (χ2v) is 7.91. The molecule has 0 saturated heterocycles. The summed E-state index contributed by atoms with van der Waals surface area (Å²) < 4.78 is 7.78. The van der Waals surface area contributed by atoms with Gasteiger partial charge in [0, 0.05) is 12.6 Å². The topological polar surface area (TPSA) is 69.0 Å². The molecule has 146 valence electrons. The summed E-state index contributed by atoms with van der Waals surface area (Å²) in [6.07, 6.45) is 4.77. The van der Waals surface area contributed by atoms with Crippen LogP contribution in [0.1, 0.15) is 45.4 Å². The van der Waals surface area contributed by atoms with Crippen LogP contribution in [0.4, 0.5) is 0 Å². The number of nitrogens with zero attached hydrogens (tertiary/aromatic N) is 3. The molecule has 3 rings (SSSR count). The molecule has 1 amide bonds. The van der Waals surface area contributed by atoms with E-state index in [1.54, 1.807) is 0 Å². The highest BCUT2D eigenvalue weighted by molar-refractivity contribution is 7.99. The van der Waals surface area contributed by atoms with Crippen LogP contribution in [0.25, 0.3) is 0 Å². The SMILES string of the molecule is CCn1c(COc2ccccc2)nnc1SCC(=O)N[C@@H]1CCCC[C@H]1C. The molecule has 1 aliphatic rings. The molecule has 0 radical (unpaired) electrons. The average Bonchev–Trinajstić information content (AvgIpc) is 3.09. The average molecular weight is 389 g/mol. The number of carbonyl (C=O) groups excluding carboxylic acids is 1. The van der Waals surface area contributed by atoms with E-state index in [4.69, 9.17) is 4.74 Å². The third kappa shape index (κ3) is 5.48. The molecule has 27 heavy (non-hydrogen) atoms. The number of hydrogen-bond acceptors (Lipinski definition) is 5. The molecule has 1 N–H and O–H groups in total. The summed E-state index contributed by atoms with van der Waals surface area (Å²) in [5, 5.41) is 12.4. The fourth-order valence-electron chi connectivity index (χ4n) is 3.42. The van der Waals surface area contributed by atoms with E-state index in [-0.39, 0.29) is 5.91 Å². The zero-order valence-corrected chi connectivity index (χ0v) is 16.9. The Bertz CT molecular complexity index is 735. The fourth-order valence-corrected chi connectivity index (χ4v) is 4.26. The van der Waals surface area contributed by atoms with Crippen LogP contribution in [0.3, 0.4) is 0 Å². The standard InChI is InChI=1S/C20H28N4O2S/c1-3-24-18(13-26-16-10-5-4-6-11-16)22-23-20(24)27-14-19(25)21-17-12-8-7-9-15(17)2/h4-6,10-11,15,17H,3,7-9,12-14H2,1-2H3,(H,21,25)/t15-,17-/m1/s1. The highest BCUT2D eigenvalue weighted by atomic mass is 32.2. The van der Waals surface area contributed by atoms with Gasteiger partial charge in [-0.05, 0) is 37.8 Å². The number of benzene rings is 1. The Morgan fingerprint density at radius 2 is 2.04 bits per heavy atom. The predicted molar refractivity (Wildman–Crippen MR) is 107 cm³/mol. The molecule has 2 aromatic rings. The smallest absolute Gasteiger partial charge is 0.230 e. The van der Waals surface area contributed by atoms with Crippen molar-refractivity contribution in [2.75, 3.05) is 5.75 Å². The van der Waals surface area contributed by atoms with Gasteiger partial charge in [0.25, 0.3) is 0 Å². The number of rotatable bonds is 8. The molecule has 0 unspecified atom stereocenters. The lowest BCUT2D eigenvalue weighted by Crippen LogP contribution is -2.41. The highest BCUT2D eigenvalue weighted by Crippen LogP contribution is 2.24. The van der Waals surface area contributed by atoms with Crippen molar-refractivity contribution in [1.29, 1.82) is 0 Å². The molecular weight excluding hydrogens is 360 g/mol. The predicted octanol–water partition coefficient (Wildman–Crippen LogP) is 3.66. The largest absolute Gasteiger partial charge is 0.486 e. The molecule has 0 aliphatic heterocycles. The maximum atomic E-state index is 12.3. The van der Waals surface area contributed by atoms with Crippen LogP contribution in [0.5, 0.6) is 5.75 Å². The van der Waals surface area contributed by atoms with E-state index in [0.717, 1.165) is 29.7 Å². The van der Waals surface area contributed by atoms with Crippen molar-refractivity contribution in [3.63, 3.8) is 0 Å². The Balaban J connectivity index is 1.52. The van der Waals surface area contributed by atoms with Crippen molar-refractivity contribution >= 4 is 17.7 Å². The number of ether oxygens (including phenoxy) is 1. The molecule has 7 heteroatoms. The van der Waals surface area contributed by atoms with Gasteiger partial charge in [0.15, 0.2) is 11.0 Å². The third-order valence-corrected chi connectivity index (χ3v) is 5.98. The van der Waals surface area contributed by atoms with E-state index in [9.17, 15) is 4.79 Å². The summed E-state index contributed by atoms with van der Waals surface area (Å²) >= 11 is 1.43. The van der Waals surface area contributed by atoms with E-state index < -0.39 is 0 Å². The van der Waals surface area contributed by atoms with Gasteiger partial charge < -0.3 is 14.6 Å². The first-order chi connectivity index (χ1) is 13.2. The number of hydrogen-bond donors (Lipinski definition) is 1. The fraction of sp³-hybridized carbons (Fsp3) is 0.550. The van der Waals surface area contributed by atoms with Crippen LogP contribution in [-0.2, 0) is 17.9 Å². The second-order valence-electron chi connectivity index (χ2n) is 6.97. The van der Waals surface area contributed by atoms with Crippen molar-refractivity contribution in [3.05, 3.63) is 36.2 Å². The van der Waals surface area contributed by atoms with Gasteiger partial charge in [0.1, 0.15) is 12.4 Å². The van der Waals surface area contributed by atoms with E-state index in [1.807, 2.05) is 41.8 Å². The van der Waals surface area contributed by atoms with Gasteiger partial charge >= 0.3 is 0 Å². The van der Waals surface area contributed by atoms with Gasteiger partial charge in [0.05, 0.1) is 5.75 Å². The lowest BCUT2D eigenvalue weighted by molar-refractivity contribution is -0.119. The quantitative estimate of drug-likeness (QED) is 0.699. The van der Waals surface area contributed by atoms with Gasteiger partial charge in [-0.25, -0.2) is 0 Å². The summed E-state index contributed by atoms with van der Waals surface area (Å²) in [5.41, 5.74) is 0. The lowest BCUT2D eigenvalue weighted by Gasteiger charge is -2.29. The second kappa shape index (κ2) is 9.78. The molecule has 1 aliphatic carbocycles. The number of aromatic nitrogens is 3. The Labute approximate surface area is 165 Å². The van der Waals surface area contributed by atoms with Crippen LogP contribution < -0.4 is 10.1 Å². The maximum Gasteiger partial charge on any atom is 0.230 e. The minimum absolute atomic E-state index is 0.0755. The zero-order valence-electron chi connectivity index (χ0n) is 16.1. The van der Waals surface area contributed by atoms with E-state index in [2.05, 4.69) is 22.4 Å². The number of carbonyl (C=O) groups is 1. The summed E-state index contributed by atoms with van der Waals surface area (Å²) in [7, 11) is 0. The lowest BCUT2D eigenvalue weighted by atomic mass is 9.86. The number of nitrogens with one attached hydrogen (secondary N) is 1. The molecular formula is C20H28N4O2S. The molecule has 0 spiro atoms. The van der Waals surface area contributed by atoms with Crippen LogP contribution in [-0.4, -0.2) is 32.5 Å². The minimum Gasteiger partial charge on any atom is -0.486 e. The summed E-state index contributed by atoms with van der Waals surface area (Å²) in [6, 6.07) is 9.97. The van der Waals surface area contributed by atoms with Gasteiger partial charge in [-0.15, -0.1) is 10.2 Å². The third-order valence-electron chi connectivity index (χ3n) is 5.01. The Hall–Kier alpha value is -2.02. The molecule has 1 fully saturated rings. The van der Waals surface area contributed by atoms with Crippen molar-refractivity contribution in [3.8, 4) is 5.75 Å². The molecule has 1 saturated carbocycles. The highest BCUT2D eigenvalue weighted by Gasteiger charge is 2.23. The number of thioether (sulfide) groups is 1. The van der Waals surface area contributed by atoms with Gasteiger partial charge in [-0.1, -0.05) is 49.7 Å². The van der Waals surface area contributed by atoms with Gasteiger partial charge in [-0.3, -0.25) is 4.79 Å². The molecule has 2 atom stereocenters. The van der Waals surface area contributed by atoms with Crippen molar-refractivity contribution in [2.24, 2.45) is 5.92 Å². The van der Waals surface area contributed by atoms with E-state index in [1.165, 1.54) is 31.0 Å². The first-order valence-electron chi connectivity index (χ1n) is 9.69. The van der Waals surface area contributed by atoms with Crippen LogP contribution in [0.2, 0.25) is 0 Å². The molecule has 6 nitrogen and oxygen atoms in total. The molecule has 0 bridgehead atoms. The van der Waals surface area contributed by atoms with Gasteiger partial charge in [0.2, 0.25) is 5.91 Å². The van der Waals surface area contributed by atoms with Crippen molar-refractivity contribution in [1.82, 2.24) is 20.1 Å². The molecule has 1 aromatic carbocycles. The van der Waals surface area contributed by atoms with Crippen molar-refractivity contribution < 1.29 is 9.53 Å². The summed E-state index contributed by atoms with van der Waals surface area (Å²) in [4.78, 5) is 12.3. The molecule has 1 heterocycles. The Morgan fingerprint density at radius 1 is 1.26 bits per heavy atom. The number of amides is 1. The summed E-state index contributed by atoms with van der Waals surface area (Å²) in [5.74, 6) is 2.57. The molecule has 1 aromatic heterocycles. The summed E-state index contributed by atoms with van der Waals surface area (Å²) in [6.45, 7) is 5.37. The van der Waals surface area contributed by atoms with Crippen molar-refractivity contribution in [2.45, 2.75) is 63.9 Å². The Kier molecular flexibility index (Phi) is 7.15. The first-order valence-corrected chi connectivity index (χ1v) is 10.7. The first kappa shape index (κ1) is 19.7. The zero-order chi connectivity index (χ0) is 19.1. The van der Waals surface area contributed by atoms with Crippen LogP contribution in [0, 0.1) is 5.92 Å². The Morgan fingerprint density at radius 3 is 2.78 bits per heavy atom. The number of para-hydroxylation sites is 1. The normalized spacial score (nSPS) is 19.6. The minimum atomic E-state index is 0.0755. The van der Waals surface area contributed by atoms with E-state index >= 15 is 0 Å². The van der Waals surface area contributed by atoms with Crippen LogP contribution >= 0.6 is 11.8 Å². The van der Waals surface area contributed by atoms with Gasteiger partial charge in [-0.2, -0.15) is 0 Å².